The van der Waals surface area contributed by atoms with Crippen LogP contribution in [0.4, 0.5) is 11.4 Å². The van der Waals surface area contributed by atoms with Crippen LogP contribution in [0, 0.1) is 6.92 Å². The summed E-state index contributed by atoms with van der Waals surface area (Å²) in [5.41, 5.74) is 5.59. The van der Waals surface area contributed by atoms with Crippen LogP contribution in [-0.4, -0.2) is 52.5 Å². The number of fused-ring (bicyclic) bond motifs is 5. The van der Waals surface area contributed by atoms with E-state index in [1.165, 1.54) is 6.08 Å². The molecule has 3 aromatic rings. The molecule has 0 saturated carbocycles. The Kier molecular flexibility index (Phi) is 5.62. The standard InChI is InChI=1S/C28H29N5O4/c1-4-22(34)32-14-6-9-20(32)28-33-19-11-13-30-27(35)23(19)24(25(33)17-10-12-29-15-21(17)37-28)31-18-8-5-7-16(2)26(18)36-3/h4-5,7-8,10,12,15,20,28,31H,1,6,9,11,13-14H2,2-3H3,(H,30,35)/t20-,28?/m0/s1. The summed E-state index contributed by atoms with van der Waals surface area (Å²) < 4.78 is 14.4. The van der Waals surface area contributed by atoms with E-state index in [0.29, 0.717) is 42.3 Å². The zero-order chi connectivity index (χ0) is 25.7. The average Bonchev–Trinajstić information content (AvgIpc) is 3.53. The Morgan fingerprint density at radius 3 is 3.03 bits per heavy atom. The molecule has 3 aliphatic heterocycles. The van der Waals surface area contributed by atoms with Gasteiger partial charge in [0.05, 0.1) is 42.0 Å². The second-order valence-electron chi connectivity index (χ2n) is 9.53. The molecule has 1 aromatic carbocycles. The molecule has 0 aliphatic carbocycles. The SMILES string of the molecule is C=CC(=O)N1CCC[C@H]1C1Oc2cnccc2-c2c(Nc3cccc(C)c3OC)c3c(n21)CCNC3=O. The highest BCUT2D eigenvalue weighted by Gasteiger charge is 2.44. The van der Waals surface area contributed by atoms with Crippen LogP contribution in [0.3, 0.4) is 0 Å². The summed E-state index contributed by atoms with van der Waals surface area (Å²) in [6.07, 6.45) is 6.56. The van der Waals surface area contributed by atoms with E-state index in [1.54, 1.807) is 19.5 Å². The zero-order valence-electron chi connectivity index (χ0n) is 20.9. The highest BCUT2D eigenvalue weighted by molar-refractivity contribution is 6.07. The number of amides is 2. The molecule has 2 amide bonds. The fourth-order valence-electron chi connectivity index (χ4n) is 5.92. The molecular weight excluding hydrogens is 470 g/mol. The fraction of sp³-hybridized carbons (Fsp3) is 0.321. The summed E-state index contributed by atoms with van der Waals surface area (Å²) in [6.45, 7) is 6.84. The van der Waals surface area contributed by atoms with Crippen LogP contribution in [0.2, 0.25) is 0 Å². The minimum absolute atomic E-state index is 0.119. The third kappa shape index (κ3) is 3.56. The summed E-state index contributed by atoms with van der Waals surface area (Å²) in [5.74, 6) is 1.07. The van der Waals surface area contributed by atoms with E-state index in [4.69, 9.17) is 9.47 Å². The molecule has 1 saturated heterocycles. The van der Waals surface area contributed by atoms with Crippen molar-refractivity contribution in [2.45, 2.75) is 38.5 Å². The van der Waals surface area contributed by atoms with Gasteiger partial charge < -0.3 is 29.6 Å². The van der Waals surface area contributed by atoms with Gasteiger partial charge in [0, 0.05) is 37.0 Å². The number of carbonyl (C=O) groups excluding carboxylic acids is 2. The van der Waals surface area contributed by atoms with E-state index < -0.39 is 6.23 Å². The number of hydrogen-bond donors (Lipinski definition) is 2. The van der Waals surface area contributed by atoms with Crippen LogP contribution >= 0.6 is 0 Å². The molecule has 0 radical (unpaired) electrons. The summed E-state index contributed by atoms with van der Waals surface area (Å²) in [5, 5.41) is 6.55. The number of methoxy groups -OCH3 is 1. The number of rotatable bonds is 5. The Hall–Kier alpha value is -4.27. The number of ether oxygens (including phenoxy) is 2. The predicted octanol–water partition coefficient (Wildman–Crippen LogP) is 3.96. The molecule has 2 N–H and O–H groups in total. The Labute approximate surface area is 215 Å². The van der Waals surface area contributed by atoms with Gasteiger partial charge in [0.25, 0.3) is 5.91 Å². The molecule has 9 heteroatoms. The predicted molar refractivity (Wildman–Crippen MR) is 139 cm³/mol. The van der Waals surface area contributed by atoms with Crippen molar-refractivity contribution in [1.82, 2.24) is 19.8 Å². The van der Waals surface area contributed by atoms with Crippen LogP contribution in [0.25, 0.3) is 11.3 Å². The molecule has 6 rings (SSSR count). The van der Waals surface area contributed by atoms with Gasteiger partial charge in [-0.3, -0.25) is 14.6 Å². The highest BCUT2D eigenvalue weighted by atomic mass is 16.5. The number of anilines is 2. The van der Waals surface area contributed by atoms with Crippen LogP contribution in [-0.2, 0) is 11.2 Å². The van der Waals surface area contributed by atoms with Crippen LogP contribution < -0.4 is 20.1 Å². The number of benzene rings is 1. The van der Waals surface area contributed by atoms with Gasteiger partial charge in [-0.15, -0.1) is 0 Å². The second-order valence-corrected chi connectivity index (χ2v) is 9.53. The molecular formula is C28H29N5O4. The van der Waals surface area contributed by atoms with Crippen molar-refractivity contribution in [3.05, 3.63) is 66.1 Å². The van der Waals surface area contributed by atoms with Gasteiger partial charge in [-0.05, 0) is 43.5 Å². The smallest absolute Gasteiger partial charge is 0.255 e. The van der Waals surface area contributed by atoms with E-state index >= 15 is 0 Å². The Morgan fingerprint density at radius 2 is 2.22 bits per heavy atom. The number of nitrogens with one attached hydrogen (secondary N) is 2. The lowest BCUT2D eigenvalue weighted by atomic mass is 10.0. The quantitative estimate of drug-likeness (QED) is 0.516. The number of para-hydroxylation sites is 1. The summed E-state index contributed by atoms with van der Waals surface area (Å²) in [4.78, 5) is 32.3. The lowest BCUT2D eigenvalue weighted by Gasteiger charge is -2.37. The van der Waals surface area contributed by atoms with E-state index in [1.807, 2.05) is 36.1 Å². The second kappa shape index (κ2) is 8.99. The number of aryl methyl sites for hydroxylation is 1. The van der Waals surface area contributed by atoms with E-state index in [-0.39, 0.29) is 17.9 Å². The molecule has 1 unspecified atom stereocenters. The highest BCUT2D eigenvalue weighted by Crippen LogP contribution is 2.50. The van der Waals surface area contributed by atoms with Gasteiger partial charge in [0.15, 0.2) is 6.23 Å². The van der Waals surface area contributed by atoms with Gasteiger partial charge in [0.2, 0.25) is 5.91 Å². The van der Waals surface area contributed by atoms with Crippen LogP contribution in [0.1, 0.15) is 40.7 Å². The maximum absolute atomic E-state index is 13.4. The normalized spacial score (nSPS) is 19.7. The number of nitrogens with zero attached hydrogens (tertiary/aromatic N) is 3. The van der Waals surface area contributed by atoms with Crippen molar-refractivity contribution < 1.29 is 19.1 Å². The van der Waals surface area contributed by atoms with Crippen molar-refractivity contribution in [2.75, 3.05) is 25.5 Å². The first kappa shape index (κ1) is 23.1. The van der Waals surface area contributed by atoms with E-state index in [9.17, 15) is 9.59 Å². The Balaban J connectivity index is 1.60. The van der Waals surface area contributed by atoms with Gasteiger partial charge in [-0.1, -0.05) is 18.7 Å². The maximum Gasteiger partial charge on any atom is 0.255 e. The first-order valence-corrected chi connectivity index (χ1v) is 12.5. The lowest BCUT2D eigenvalue weighted by Crippen LogP contribution is -2.44. The van der Waals surface area contributed by atoms with Crippen molar-refractivity contribution >= 4 is 23.2 Å². The number of aromatic nitrogens is 2. The monoisotopic (exact) mass is 499 g/mol. The largest absolute Gasteiger partial charge is 0.494 e. The topological polar surface area (TPSA) is 97.7 Å². The zero-order valence-corrected chi connectivity index (χ0v) is 20.9. The molecule has 37 heavy (non-hydrogen) atoms. The first-order chi connectivity index (χ1) is 18.0. The lowest BCUT2D eigenvalue weighted by molar-refractivity contribution is -0.129. The van der Waals surface area contributed by atoms with Crippen molar-refractivity contribution in [2.24, 2.45) is 0 Å². The molecule has 2 aromatic heterocycles. The fourth-order valence-corrected chi connectivity index (χ4v) is 5.92. The average molecular weight is 500 g/mol. The number of hydrogen-bond acceptors (Lipinski definition) is 6. The first-order valence-electron chi connectivity index (χ1n) is 12.5. The molecule has 0 spiro atoms. The van der Waals surface area contributed by atoms with Crippen molar-refractivity contribution in [3.63, 3.8) is 0 Å². The third-order valence-corrected chi connectivity index (χ3v) is 7.49. The van der Waals surface area contributed by atoms with Gasteiger partial charge in [0.1, 0.15) is 11.5 Å². The van der Waals surface area contributed by atoms with Gasteiger partial charge in [-0.25, -0.2) is 0 Å². The van der Waals surface area contributed by atoms with E-state index in [2.05, 4.69) is 26.8 Å². The molecule has 190 valence electrons. The van der Waals surface area contributed by atoms with Crippen LogP contribution in [0.15, 0.2) is 49.3 Å². The van der Waals surface area contributed by atoms with Crippen molar-refractivity contribution in [1.29, 1.82) is 0 Å². The number of likely N-dealkylation sites (tertiary alicyclic amines) is 1. The third-order valence-electron chi connectivity index (χ3n) is 7.49. The summed E-state index contributed by atoms with van der Waals surface area (Å²) in [7, 11) is 1.64. The Morgan fingerprint density at radius 1 is 1.35 bits per heavy atom. The van der Waals surface area contributed by atoms with Gasteiger partial charge in [-0.2, -0.15) is 0 Å². The summed E-state index contributed by atoms with van der Waals surface area (Å²) in [6, 6.07) is 7.57. The number of carbonyl (C=O) groups is 2. The molecule has 2 atom stereocenters. The minimum Gasteiger partial charge on any atom is -0.494 e. The molecule has 0 bridgehead atoms. The maximum atomic E-state index is 13.4. The molecule has 5 heterocycles. The molecule has 3 aliphatic rings. The van der Waals surface area contributed by atoms with Crippen LogP contribution in [0.5, 0.6) is 11.5 Å². The van der Waals surface area contributed by atoms with E-state index in [0.717, 1.165) is 41.0 Å². The number of pyridine rings is 1. The molecule has 1 fully saturated rings. The molecule has 9 nitrogen and oxygen atoms in total. The Bertz CT molecular complexity index is 1430. The van der Waals surface area contributed by atoms with Gasteiger partial charge >= 0.3 is 0 Å². The minimum atomic E-state index is -0.507. The van der Waals surface area contributed by atoms with Crippen molar-refractivity contribution in [3.8, 4) is 22.8 Å². The summed E-state index contributed by atoms with van der Waals surface area (Å²) >= 11 is 0.